The summed E-state index contributed by atoms with van der Waals surface area (Å²) in [6, 6.07) is 7.81. The summed E-state index contributed by atoms with van der Waals surface area (Å²) in [7, 11) is 0. The molecule has 0 radical (unpaired) electrons. The van der Waals surface area contributed by atoms with E-state index in [-0.39, 0.29) is 0 Å². The minimum absolute atomic E-state index is 0.685. The number of ether oxygens (including phenoxy) is 2. The maximum atomic E-state index is 5.68. The lowest BCUT2D eigenvalue weighted by molar-refractivity contribution is 0.301. The number of hydrogen-bond donors (Lipinski definition) is 1. The van der Waals surface area contributed by atoms with E-state index in [9.17, 15) is 0 Å². The molecule has 0 heterocycles. The van der Waals surface area contributed by atoms with Crippen LogP contribution in [0.2, 0.25) is 0 Å². The summed E-state index contributed by atoms with van der Waals surface area (Å²) in [5.74, 6) is 1.76. The van der Waals surface area contributed by atoms with Gasteiger partial charge in [0.15, 0.2) is 0 Å². The molecule has 0 aliphatic carbocycles. The summed E-state index contributed by atoms with van der Waals surface area (Å²) in [4.78, 5) is 0. The summed E-state index contributed by atoms with van der Waals surface area (Å²) >= 11 is 0. The molecular weight excluding hydrogens is 226 g/mol. The normalized spacial score (nSPS) is 10.3. The van der Waals surface area contributed by atoms with Gasteiger partial charge in [-0.1, -0.05) is 19.4 Å². The lowest BCUT2D eigenvalue weighted by atomic mass is 10.3. The molecule has 0 fully saturated rings. The zero-order chi connectivity index (χ0) is 13.1. The van der Waals surface area contributed by atoms with Crippen LogP contribution in [-0.4, -0.2) is 26.3 Å². The van der Waals surface area contributed by atoms with E-state index in [1.165, 1.54) is 12.8 Å². The third kappa shape index (κ3) is 6.50. The molecule has 0 bridgehead atoms. The first kappa shape index (κ1) is 14.8. The average molecular weight is 251 g/mol. The Bertz CT molecular complexity index is 315. The van der Waals surface area contributed by atoms with Crippen molar-refractivity contribution in [2.24, 2.45) is 0 Å². The van der Waals surface area contributed by atoms with Gasteiger partial charge in [-0.15, -0.1) is 0 Å². The van der Waals surface area contributed by atoms with Crippen LogP contribution in [0.5, 0.6) is 11.5 Å². The van der Waals surface area contributed by atoms with E-state index in [1.807, 2.05) is 31.2 Å². The lowest BCUT2D eigenvalue weighted by Crippen LogP contribution is -2.18. The molecule has 3 nitrogen and oxygen atoms in total. The van der Waals surface area contributed by atoms with Crippen LogP contribution in [0.15, 0.2) is 24.3 Å². The van der Waals surface area contributed by atoms with Gasteiger partial charge in [-0.2, -0.15) is 0 Å². The predicted octanol–water partition coefficient (Wildman–Crippen LogP) is 3.24. The van der Waals surface area contributed by atoms with Crippen LogP contribution in [0.3, 0.4) is 0 Å². The molecule has 1 rings (SSSR count). The van der Waals surface area contributed by atoms with Gasteiger partial charge in [-0.05, 0) is 45.0 Å². The topological polar surface area (TPSA) is 30.5 Å². The molecular formula is C15H25NO2. The van der Waals surface area contributed by atoms with Crippen LogP contribution in [-0.2, 0) is 0 Å². The lowest BCUT2D eigenvalue weighted by Gasteiger charge is -2.09. The quantitative estimate of drug-likeness (QED) is 0.648. The Morgan fingerprint density at radius 3 is 2.44 bits per heavy atom. The van der Waals surface area contributed by atoms with E-state index in [4.69, 9.17) is 9.47 Å². The highest BCUT2D eigenvalue weighted by atomic mass is 16.5. The highest BCUT2D eigenvalue weighted by molar-refractivity contribution is 5.32. The molecule has 0 unspecified atom stereocenters. The van der Waals surface area contributed by atoms with Gasteiger partial charge in [0.25, 0.3) is 0 Å². The van der Waals surface area contributed by atoms with Crippen molar-refractivity contribution in [2.75, 3.05) is 26.3 Å². The maximum absolute atomic E-state index is 5.68. The van der Waals surface area contributed by atoms with Crippen LogP contribution in [0, 0.1) is 0 Å². The first-order chi connectivity index (χ1) is 8.86. The van der Waals surface area contributed by atoms with Crippen LogP contribution in [0.25, 0.3) is 0 Å². The molecule has 0 aliphatic rings. The molecule has 0 amide bonds. The van der Waals surface area contributed by atoms with Gasteiger partial charge in [0.2, 0.25) is 0 Å². The van der Waals surface area contributed by atoms with Gasteiger partial charge in [-0.25, -0.2) is 0 Å². The Balaban J connectivity index is 2.13. The van der Waals surface area contributed by atoms with Crippen LogP contribution >= 0.6 is 0 Å². The molecule has 0 saturated heterocycles. The van der Waals surface area contributed by atoms with Crippen molar-refractivity contribution >= 4 is 0 Å². The first-order valence-electron chi connectivity index (χ1n) is 6.93. The Hall–Kier alpha value is -1.22. The SMILES string of the molecule is CCCCNCCCOc1cccc(OCC)c1. The molecule has 0 atom stereocenters. The largest absolute Gasteiger partial charge is 0.494 e. The number of unbranched alkanes of at least 4 members (excludes halogenated alkanes) is 1. The van der Waals surface area contributed by atoms with Crippen molar-refractivity contribution < 1.29 is 9.47 Å². The standard InChI is InChI=1S/C15H25NO2/c1-3-5-10-16-11-7-12-18-15-9-6-8-14(13-15)17-4-2/h6,8-9,13,16H,3-5,7,10-12H2,1-2H3. The minimum atomic E-state index is 0.685. The van der Waals surface area contributed by atoms with E-state index in [1.54, 1.807) is 0 Å². The molecule has 0 saturated carbocycles. The second-order valence-corrected chi connectivity index (χ2v) is 4.21. The van der Waals surface area contributed by atoms with E-state index in [0.29, 0.717) is 6.61 Å². The summed E-state index contributed by atoms with van der Waals surface area (Å²) in [5, 5.41) is 3.40. The fourth-order valence-corrected chi connectivity index (χ4v) is 1.63. The molecule has 3 heteroatoms. The predicted molar refractivity (Wildman–Crippen MR) is 75.5 cm³/mol. The van der Waals surface area contributed by atoms with Crippen LogP contribution < -0.4 is 14.8 Å². The molecule has 0 aromatic heterocycles. The fraction of sp³-hybridized carbons (Fsp3) is 0.600. The summed E-state index contributed by atoms with van der Waals surface area (Å²) in [6.45, 7) is 7.74. The monoisotopic (exact) mass is 251 g/mol. The molecule has 0 aliphatic heterocycles. The molecule has 0 spiro atoms. The van der Waals surface area contributed by atoms with E-state index >= 15 is 0 Å². The van der Waals surface area contributed by atoms with Gasteiger partial charge in [-0.3, -0.25) is 0 Å². The third-order valence-corrected chi connectivity index (χ3v) is 2.59. The van der Waals surface area contributed by atoms with Crippen LogP contribution in [0.1, 0.15) is 33.1 Å². The van der Waals surface area contributed by atoms with Crippen molar-refractivity contribution in [1.82, 2.24) is 5.32 Å². The molecule has 1 aromatic rings. The minimum Gasteiger partial charge on any atom is -0.494 e. The Morgan fingerprint density at radius 2 is 1.72 bits per heavy atom. The van der Waals surface area contributed by atoms with Crippen molar-refractivity contribution in [3.05, 3.63) is 24.3 Å². The van der Waals surface area contributed by atoms with Crippen LogP contribution in [0.4, 0.5) is 0 Å². The zero-order valence-electron chi connectivity index (χ0n) is 11.6. The summed E-state index contributed by atoms with van der Waals surface area (Å²) in [6.07, 6.45) is 3.52. The first-order valence-corrected chi connectivity index (χ1v) is 6.93. The smallest absolute Gasteiger partial charge is 0.122 e. The van der Waals surface area contributed by atoms with E-state index in [2.05, 4.69) is 12.2 Å². The van der Waals surface area contributed by atoms with Gasteiger partial charge in [0.1, 0.15) is 11.5 Å². The van der Waals surface area contributed by atoms with Gasteiger partial charge in [0, 0.05) is 6.07 Å². The van der Waals surface area contributed by atoms with E-state index < -0.39 is 0 Å². The maximum Gasteiger partial charge on any atom is 0.122 e. The fourth-order valence-electron chi connectivity index (χ4n) is 1.63. The van der Waals surface area contributed by atoms with Crippen molar-refractivity contribution in [3.63, 3.8) is 0 Å². The van der Waals surface area contributed by atoms with Gasteiger partial charge < -0.3 is 14.8 Å². The molecule has 1 N–H and O–H groups in total. The number of benzene rings is 1. The molecule has 18 heavy (non-hydrogen) atoms. The highest BCUT2D eigenvalue weighted by Gasteiger charge is 1.97. The summed E-state index contributed by atoms with van der Waals surface area (Å²) in [5.41, 5.74) is 0. The second kappa shape index (κ2) is 9.77. The number of hydrogen-bond acceptors (Lipinski definition) is 3. The number of nitrogens with one attached hydrogen (secondary N) is 1. The Kier molecular flexibility index (Phi) is 8.06. The van der Waals surface area contributed by atoms with Gasteiger partial charge in [0.05, 0.1) is 13.2 Å². The molecule has 102 valence electrons. The van der Waals surface area contributed by atoms with Crippen molar-refractivity contribution in [1.29, 1.82) is 0 Å². The highest BCUT2D eigenvalue weighted by Crippen LogP contribution is 2.19. The molecule has 1 aromatic carbocycles. The third-order valence-electron chi connectivity index (χ3n) is 2.59. The average Bonchev–Trinajstić information content (AvgIpc) is 2.39. The van der Waals surface area contributed by atoms with Crippen molar-refractivity contribution in [3.8, 4) is 11.5 Å². The zero-order valence-corrected chi connectivity index (χ0v) is 11.6. The van der Waals surface area contributed by atoms with Crippen molar-refractivity contribution in [2.45, 2.75) is 33.1 Å². The summed E-state index contributed by atoms with van der Waals surface area (Å²) < 4.78 is 11.1. The van der Waals surface area contributed by atoms with Gasteiger partial charge >= 0.3 is 0 Å². The number of rotatable bonds is 10. The van der Waals surface area contributed by atoms with E-state index in [0.717, 1.165) is 37.6 Å². The second-order valence-electron chi connectivity index (χ2n) is 4.21. The Labute approximate surface area is 110 Å². The Morgan fingerprint density at radius 1 is 1.00 bits per heavy atom.